The van der Waals surface area contributed by atoms with Crippen molar-refractivity contribution in [2.24, 2.45) is 0 Å². The second-order valence-corrected chi connectivity index (χ2v) is 6.51. The summed E-state index contributed by atoms with van der Waals surface area (Å²) in [6, 6.07) is 4.31. The number of fused-ring (bicyclic) bond motifs is 1. The van der Waals surface area contributed by atoms with Gasteiger partial charge in [-0.3, -0.25) is 0 Å². The minimum atomic E-state index is -3.04. The normalized spacial score (nSPS) is 18.6. The molecule has 3 heterocycles. The Morgan fingerprint density at radius 1 is 1.36 bits per heavy atom. The highest BCUT2D eigenvalue weighted by Crippen LogP contribution is 2.45. The molecule has 0 aliphatic carbocycles. The molecule has 1 aliphatic rings. The van der Waals surface area contributed by atoms with E-state index in [-0.39, 0.29) is 28.3 Å². The molecule has 2 aromatic heterocycles. The Hall–Kier alpha value is -3.30. The Bertz CT molecular complexity index is 1070. The van der Waals surface area contributed by atoms with Crippen molar-refractivity contribution in [3.63, 3.8) is 0 Å². The van der Waals surface area contributed by atoms with E-state index < -0.39 is 36.7 Å². The van der Waals surface area contributed by atoms with Crippen LogP contribution >= 0.6 is 0 Å². The first kappa shape index (κ1) is 18.1. The van der Waals surface area contributed by atoms with E-state index in [9.17, 15) is 23.1 Å². The Balaban J connectivity index is 1.83. The summed E-state index contributed by atoms with van der Waals surface area (Å²) in [7, 11) is 1.38. The van der Waals surface area contributed by atoms with Crippen LogP contribution < -0.4 is 9.64 Å². The van der Waals surface area contributed by atoms with E-state index in [0.29, 0.717) is 0 Å². The summed E-state index contributed by atoms with van der Waals surface area (Å²) < 4.78 is 48.9. The highest BCUT2D eigenvalue weighted by Gasteiger charge is 2.47. The molecule has 0 bridgehead atoms. The first-order chi connectivity index (χ1) is 13.3. The van der Waals surface area contributed by atoms with Crippen LogP contribution in [0.4, 0.5) is 19.0 Å². The molecule has 1 aromatic carbocycles. The number of ether oxygens (including phenoxy) is 1. The minimum Gasteiger partial charge on any atom is -0.496 e. The lowest BCUT2D eigenvalue weighted by Gasteiger charge is -2.26. The number of halogens is 3. The lowest BCUT2D eigenvalue weighted by molar-refractivity contribution is 0.0222. The van der Waals surface area contributed by atoms with Gasteiger partial charge >= 0.3 is 5.97 Å². The van der Waals surface area contributed by atoms with Gasteiger partial charge < -0.3 is 14.7 Å². The summed E-state index contributed by atoms with van der Waals surface area (Å²) in [6.45, 7) is -0.642. The first-order valence-electron chi connectivity index (χ1n) is 8.35. The molecule has 3 aromatic rings. The molecular formula is C18H15F3N4O3. The largest absolute Gasteiger partial charge is 0.496 e. The van der Waals surface area contributed by atoms with Crippen LogP contribution in [-0.2, 0) is 0 Å². The first-order valence-corrected chi connectivity index (χ1v) is 8.35. The van der Waals surface area contributed by atoms with Gasteiger partial charge in [-0.15, -0.1) is 0 Å². The molecule has 1 saturated heterocycles. The van der Waals surface area contributed by atoms with Gasteiger partial charge in [0.15, 0.2) is 5.65 Å². The fraction of sp³-hybridized carbons (Fsp3) is 0.278. The minimum absolute atomic E-state index is 0.0326. The number of aromatic nitrogens is 3. The third-order valence-electron chi connectivity index (χ3n) is 4.70. The predicted molar refractivity (Wildman–Crippen MR) is 92.5 cm³/mol. The van der Waals surface area contributed by atoms with Crippen molar-refractivity contribution in [3.8, 4) is 5.75 Å². The number of anilines is 1. The van der Waals surface area contributed by atoms with E-state index in [4.69, 9.17) is 4.74 Å². The second-order valence-electron chi connectivity index (χ2n) is 6.51. The van der Waals surface area contributed by atoms with Crippen LogP contribution in [0.2, 0.25) is 0 Å². The molecule has 1 atom stereocenters. The summed E-state index contributed by atoms with van der Waals surface area (Å²) in [4.78, 5) is 16.9. The van der Waals surface area contributed by atoms with E-state index >= 15 is 0 Å². The molecule has 0 spiro atoms. The van der Waals surface area contributed by atoms with Crippen molar-refractivity contribution < 1.29 is 27.8 Å². The van der Waals surface area contributed by atoms with Gasteiger partial charge in [0.25, 0.3) is 5.92 Å². The monoisotopic (exact) mass is 392 g/mol. The number of carboxylic acid groups (broad SMARTS) is 1. The third-order valence-corrected chi connectivity index (χ3v) is 4.70. The number of nitrogens with zero attached hydrogens (tertiary/aromatic N) is 4. The zero-order chi connectivity index (χ0) is 20.1. The van der Waals surface area contributed by atoms with E-state index in [1.54, 1.807) is 0 Å². The van der Waals surface area contributed by atoms with Crippen molar-refractivity contribution >= 4 is 17.4 Å². The maximum absolute atomic E-state index is 14.3. The number of benzene rings is 1. The number of aromatic carboxylic acids is 1. The summed E-state index contributed by atoms with van der Waals surface area (Å²) in [5, 5.41) is 13.1. The van der Waals surface area contributed by atoms with Crippen LogP contribution in [0.5, 0.6) is 5.75 Å². The van der Waals surface area contributed by atoms with Crippen LogP contribution in [-0.4, -0.2) is 45.3 Å². The van der Waals surface area contributed by atoms with Crippen molar-refractivity contribution in [2.45, 2.75) is 18.4 Å². The van der Waals surface area contributed by atoms with E-state index in [1.165, 1.54) is 40.9 Å². The molecule has 1 aliphatic heterocycles. The van der Waals surface area contributed by atoms with Gasteiger partial charge in [0, 0.05) is 18.2 Å². The molecule has 146 valence electrons. The SMILES string of the molecule is COc1ccc(F)cc1C1CC(F)(F)CN1c1ccn2ncc(C(=O)O)c2n1. The van der Waals surface area contributed by atoms with Crippen molar-refractivity contribution in [3.05, 3.63) is 53.6 Å². The quantitative estimate of drug-likeness (QED) is 0.735. The van der Waals surface area contributed by atoms with E-state index in [1.807, 2.05) is 0 Å². The van der Waals surface area contributed by atoms with E-state index in [0.717, 1.165) is 12.3 Å². The van der Waals surface area contributed by atoms with Gasteiger partial charge in [0.1, 0.15) is 22.9 Å². The van der Waals surface area contributed by atoms with Gasteiger partial charge in [-0.2, -0.15) is 5.10 Å². The van der Waals surface area contributed by atoms with Gasteiger partial charge in [-0.1, -0.05) is 0 Å². The van der Waals surface area contributed by atoms with Crippen LogP contribution in [0.1, 0.15) is 28.4 Å². The van der Waals surface area contributed by atoms with Crippen LogP contribution in [0.3, 0.4) is 0 Å². The topological polar surface area (TPSA) is 80.0 Å². The third kappa shape index (κ3) is 3.00. The van der Waals surface area contributed by atoms with Crippen molar-refractivity contribution in [1.82, 2.24) is 14.6 Å². The lowest BCUT2D eigenvalue weighted by Crippen LogP contribution is -2.27. The molecule has 0 amide bonds. The fourth-order valence-corrected chi connectivity index (χ4v) is 3.47. The van der Waals surface area contributed by atoms with Gasteiger partial charge in [0.05, 0.1) is 25.9 Å². The lowest BCUT2D eigenvalue weighted by atomic mass is 10.0. The smallest absolute Gasteiger partial charge is 0.341 e. The average molecular weight is 392 g/mol. The van der Waals surface area contributed by atoms with E-state index in [2.05, 4.69) is 10.1 Å². The molecule has 1 N–H and O–H groups in total. The standard InChI is InChI=1S/C18H15F3N4O3/c1-28-14-3-2-10(19)6-11(14)13-7-18(20,21)9-24(13)15-4-5-25-16(23-15)12(8-22-25)17(26)27/h2-6,8,13H,7,9H2,1H3,(H,26,27). The fourth-order valence-electron chi connectivity index (χ4n) is 3.47. The number of carbonyl (C=O) groups is 1. The van der Waals surface area contributed by atoms with Crippen LogP contribution in [0, 0.1) is 5.82 Å². The summed E-state index contributed by atoms with van der Waals surface area (Å²) in [6.07, 6.45) is 2.03. The Morgan fingerprint density at radius 3 is 2.86 bits per heavy atom. The highest BCUT2D eigenvalue weighted by atomic mass is 19.3. The Kier molecular flexibility index (Phi) is 4.13. The Morgan fingerprint density at radius 2 is 2.14 bits per heavy atom. The van der Waals surface area contributed by atoms with Crippen molar-refractivity contribution in [2.75, 3.05) is 18.6 Å². The van der Waals surface area contributed by atoms with Crippen LogP contribution in [0.25, 0.3) is 5.65 Å². The second kappa shape index (κ2) is 6.39. The summed E-state index contributed by atoms with van der Waals surface area (Å²) >= 11 is 0. The highest BCUT2D eigenvalue weighted by molar-refractivity contribution is 5.94. The molecule has 1 unspecified atom stereocenters. The molecule has 0 radical (unpaired) electrons. The van der Waals surface area contributed by atoms with Crippen molar-refractivity contribution in [1.29, 1.82) is 0 Å². The predicted octanol–water partition coefficient (Wildman–Crippen LogP) is 3.16. The molecule has 10 heteroatoms. The number of methoxy groups -OCH3 is 1. The number of carboxylic acids is 1. The van der Waals surface area contributed by atoms with Gasteiger partial charge in [0.2, 0.25) is 0 Å². The zero-order valence-corrected chi connectivity index (χ0v) is 14.6. The summed E-state index contributed by atoms with van der Waals surface area (Å²) in [5.74, 6) is -4.41. The molecule has 28 heavy (non-hydrogen) atoms. The van der Waals surface area contributed by atoms with Gasteiger partial charge in [-0.05, 0) is 24.3 Å². The number of rotatable bonds is 4. The zero-order valence-electron chi connectivity index (χ0n) is 14.6. The maximum atomic E-state index is 14.3. The number of hydrogen-bond donors (Lipinski definition) is 1. The average Bonchev–Trinajstić information content (AvgIpc) is 3.21. The maximum Gasteiger partial charge on any atom is 0.341 e. The number of hydrogen-bond acceptors (Lipinski definition) is 5. The molecule has 1 fully saturated rings. The number of alkyl halides is 2. The van der Waals surface area contributed by atoms with Crippen LogP contribution in [0.15, 0.2) is 36.7 Å². The molecular weight excluding hydrogens is 377 g/mol. The Labute approximate surface area is 157 Å². The molecule has 0 saturated carbocycles. The summed E-state index contributed by atoms with van der Waals surface area (Å²) in [5.41, 5.74) is 0.159. The van der Waals surface area contributed by atoms with Gasteiger partial charge in [-0.25, -0.2) is 27.5 Å². The molecule has 7 nitrogen and oxygen atoms in total. The molecule has 4 rings (SSSR count).